The molecule has 2 aromatic heterocycles. The van der Waals surface area contributed by atoms with Crippen LogP contribution in [0.5, 0.6) is 5.75 Å². The van der Waals surface area contributed by atoms with Crippen LogP contribution in [0.15, 0.2) is 42.7 Å². The topological polar surface area (TPSA) is 104 Å². The van der Waals surface area contributed by atoms with Gasteiger partial charge in [0.1, 0.15) is 5.75 Å². The Morgan fingerprint density at radius 2 is 1.95 bits per heavy atom. The molecule has 0 amide bonds. The Labute approximate surface area is 120 Å². The Morgan fingerprint density at radius 1 is 1.14 bits per heavy atom. The molecular formula is C13H13N7O. The van der Waals surface area contributed by atoms with E-state index in [9.17, 15) is 0 Å². The van der Waals surface area contributed by atoms with Crippen molar-refractivity contribution in [3.05, 3.63) is 42.7 Å². The van der Waals surface area contributed by atoms with Gasteiger partial charge in [0.05, 0.1) is 7.11 Å². The lowest BCUT2D eigenvalue weighted by Crippen LogP contribution is -2.09. The molecule has 0 saturated heterocycles. The summed E-state index contributed by atoms with van der Waals surface area (Å²) in [5, 5.41) is 7.12. The fraction of sp³-hybridized carbons (Fsp3) is 0.0769. The van der Waals surface area contributed by atoms with E-state index in [-0.39, 0.29) is 5.95 Å². The molecule has 0 fully saturated rings. The smallest absolute Gasteiger partial charge is 0.257 e. The Morgan fingerprint density at radius 3 is 2.62 bits per heavy atom. The van der Waals surface area contributed by atoms with Gasteiger partial charge >= 0.3 is 0 Å². The van der Waals surface area contributed by atoms with Gasteiger partial charge < -0.3 is 15.8 Å². The second kappa shape index (κ2) is 5.45. The number of benzene rings is 1. The number of hydrogen-bond donors (Lipinski definition) is 2. The number of nitrogens with one attached hydrogen (secondary N) is 1. The number of nitrogen functional groups attached to an aromatic ring is 1. The van der Waals surface area contributed by atoms with Crippen molar-refractivity contribution in [1.29, 1.82) is 0 Å². The zero-order valence-electron chi connectivity index (χ0n) is 11.3. The van der Waals surface area contributed by atoms with Crippen molar-refractivity contribution in [2.75, 3.05) is 18.2 Å². The maximum Gasteiger partial charge on any atom is 0.257 e. The third kappa shape index (κ3) is 2.89. The molecule has 0 radical (unpaired) electrons. The summed E-state index contributed by atoms with van der Waals surface area (Å²) in [6.45, 7) is 0. The lowest BCUT2D eigenvalue weighted by atomic mass is 10.3. The summed E-state index contributed by atoms with van der Waals surface area (Å²) in [6, 6.07) is 9.15. The molecule has 0 unspecified atom stereocenters. The van der Waals surface area contributed by atoms with Gasteiger partial charge in [-0.15, -0.1) is 0 Å². The van der Waals surface area contributed by atoms with Crippen molar-refractivity contribution in [2.24, 2.45) is 0 Å². The van der Waals surface area contributed by atoms with E-state index in [2.05, 4.69) is 25.4 Å². The molecular weight excluding hydrogens is 270 g/mol. The maximum atomic E-state index is 5.70. The molecule has 3 rings (SSSR count). The molecule has 3 N–H and O–H groups in total. The fourth-order valence-corrected chi connectivity index (χ4v) is 1.73. The molecule has 106 valence electrons. The van der Waals surface area contributed by atoms with Gasteiger partial charge in [-0.05, 0) is 30.3 Å². The van der Waals surface area contributed by atoms with Gasteiger partial charge in [-0.25, -0.2) is 4.68 Å². The molecule has 0 aliphatic heterocycles. The minimum Gasteiger partial charge on any atom is -0.497 e. The van der Waals surface area contributed by atoms with Crippen LogP contribution in [-0.4, -0.2) is 31.8 Å². The first-order chi connectivity index (χ1) is 10.2. The summed E-state index contributed by atoms with van der Waals surface area (Å²) in [7, 11) is 1.62. The summed E-state index contributed by atoms with van der Waals surface area (Å²) in [5.74, 6) is 1.58. The molecule has 0 bridgehead atoms. The highest BCUT2D eigenvalue weighted by molar-refractivity contribution is 5.55. The molecule has 0 spiro atoms. The lowest BCUT2D eigenvalue weighted by molar-refractivity contribution is 0.415. The highest BCUT2D eigenvalue weighted by Gasteiger charge is 2.07. The zero-order valence-corrected chi connectivity index (χ0v) is 11.3. The summed E-state index contributed by atoms with van der Waals surface area (Å²) < 4.78 is 6.62. The minimum absolute atomic E-state index is 0.117. The Balaban J connectivity index is 1.88. The van der Waals surface area contributed by atoms with Gasteiger partial charge in [-0.2, -0.15) is 20.1 Å². The first-order valence-corrected chi connectivity index (χ1v) is 6.17. The summed E-state index contributed by atoms with van der Waals surface area (Å²) >= 11 is 0. The number of aromatic nitrogens is 5. The van der Waals surface area contributed by atoms with Crippen molar-refractivity contribution in [3.63, 3.8) is 0 Å². The summed E-state index contributed by atoms with van der Waals surface area (Å²) in [5.41, 5.74) is 6.51. The molecule has 8 nitrogen and oxygen atoms in total. The van der Waals surface area contributed by atoms with Gasteiger partial charge in [0.25, 0.3) is 5.95 Å². The number of nitrogens with zero attached hydrogens (tertiary/aromatic N) is 5. The van der Waals surface area contributed by atoms with E-state index in [1.807, 2.05) is 24.3 Å². The Hall–Kier alpha value is -3.16. The first-order valence-electron chi connectivity index (χ1n) is 6.17. The normalized spacial score (nSPS) is 10.3. The number of ether oxygens (including phenoxy) is 1. The molecule has 0 aliphatic carbocycles. The number of methoxy groups -OCH3 is 1. The van der Waals surface area contributed by atoms with Gasteiger partial charge in [0.2, 0.25) is 11.9 Å². The van der Waals surface area contributed by atoms with Crippen LogP contribution in [0.25, 0.3) is 5.95 Å². The van der Waals surface area contributed by atoms with E-state index in [0.29, 0.717) is 11.9 Å². The third-order valence-corrected chi connectivity index (χ3v) is 2.70. The Kier molecular flexibility index (Phi) is 3.34. The average molecular weight is 283 g/mol. The first kappa shape index (κ1) is 12.9. The molecule has 21 heavy (non-hydrogen) atoms. The van der Waals surface area contributed by atoms with Crippen molar-refractivity contribution < 1.29 is 4.74 Å². The van der Waals surface area contributed by atoms with Crippen LogP contribution in [0.2, 0.25) is 0 Å². The molecule has 0 aliphatic rings. The van der Waals surface area contributed by atoms with Crippen molar-refractivity contribution >= 4 is 17.6 Å². The van der Waals surface area contributed by atoms with E-state index < -0.39 is 0 Å². The summed E-state index contributed by atoms with van der Waals surface area (Å²) in [4.78, 5) is 12.4. The second-order valence-corrected chi connectivity index (χ2v) is 4.12. The van der Waals surface area contributed by atoms with E-state index >= 15 is 0 Å². The van der Waals surface area contributed by atoms with Crippen LogP contribution >= 0.6 is 0 Å². The third-order valence-electron chi connectivity index (χ3n) is 2.70. The number of nitrogens with two attached hydrogens (primary N) is 1. The van der Waals surface area contributed by atoms with Gasteiger partial charge in [0.15, 0.2) is 0 Å². The van der Waals surface area contributed by atoms with E-state index in [1.54, 1.807) is 25.6 Å². The van der Waals surface area contributed by atoms with E-state index in [4.69, 9.17) is 10.5 Å². The zero-order chi connectivity index (χ0) is 14.7. The van der Waals surface area contributed by atoms with Crippen molar-refractivity contribution in [3.8, 4) is 11.7 Å². The maximum absolute atomic E-state index is 5.70. The number of rotatable bonds is 4. The van der Waals surface area contributed by atoms with Crippen LogP contribution in [0.3, 0.4) is 0 Å². The van der Waals surface area contributed by atoms with Crippen LogP contribution in [0, 0.1) is 0 Å². The quantitative estimate of drug-likeness (QED) is 0.745. The monoisotopic (exact) mass is 283 g/mol. The van der Waals surface area contributed by atoms with Crippen LogP contribution in [0.4, 0.5) is 17.6 Å². The predicted molar refractivity (Wildman–Crippen MR) is 77.6 cm³/mol. The summed E-state index contributed by atoms with van der Waals surface area (Å²) in [6.07, 6.45) is 3.36. The van der Waals surface area contributed by atoms with E-state index in [0.717, 1.165) is 11.4 Å². The number of anilines is 3. The molecule has 0 saturated carbocycles. The lowest BCUT2D eigenvalue weighted by Gasteiger charge is -2.07. The van der Waals surface area contributed by atoms with Crippen LogP contribution in [0.1, 0.15) is 0 Å². The highest BCUT2D eigenvalue weighted by Crippen LogP contribution is 2.18. The second-order valence-electron chi connectivity index (χ2n) is 4.12. The number of hydrogen-bond acceptors (Lipinski definition) is 7. The van der Waals surface area contributed by atoms with Gasteiger partial charge in [-0.3, -0.25) is 0 Å². The van der Waals surface area contributed by atoms with Crippen molar-refractivity contribution in [1.82, 2.24) is 24.7 Å². The average Bonchev–Trinajstić information content (AvgIpc) is 3.02. The molecule has 0 atom stereocenters. The molecule has 2 heterocycles. The molecule has 8 heteroatoms. The standard InChI is InChI=1S/C13H13N7O/c1-21-10-5-3-9(4-6-10)16-12-17-11(14)18-13(19-12)20-8-2-7-15-20/h2-8H,1H3,(H3,14,16,17,18,19). The van der Waals surface area contributed by atoms with Gasteiger partial charge in [0, 0.05) is 18.1 Å². The highest BCUT2D eigenvalue weighted by atomic mass is 16.5. The van der Waals surface area contributed by atoms with E-state index in [1.165, 1.54) is 4.68 Å². The van der Waals surface area contributed by atoms with Crippen LogP contribution < -0.4 is 15.8 Å². The van der Waals surface area contributed by atoms with Gasteiger partial charge in [-0.1, -0.05) is 0 Å². The Bertz CT molecular complexity index is 725. The molecule has 3 aromatic rings. The predicted octanol–water partition coefficient (Wildman–Crippen LogP) is 1.39. The van der Waals surface area contributed by atoms with Crippen molar-refractivity contribution in [2.45, 2.75) is 0 Å². The van der Waals surface area contributed by atoms with Crippen LogP contribution in [-0.2, 0) is 0 Å². The largest absolute Gasteiger partial charge is 0.497 e. The molecule has 1 aromatic carbocycles. The minimum atomic E-state index is 0.117. The fourth-order valence-electron chi connectivity index (χ4n) is 1.73. The SMILES string of the molecule is COc1ccc(Nc2nc(N)nc(-n3cccn3)n2)cc1.